The summed E-state index contributed by atoms with van der Waals surface area (Å²) in [5, 5.41) is 4.14. The van der Waals surface area contributed by atoms with Gasteiger partial charge in [0.1, 0.15) is 6.04 Å². The molecule has 184 valence electrons. The summed E-state index contributed by atoms with van der Waals surface area (Å²) in [5.41, 5.74) is 3.26. The number of amides is 2. The van der Waals surface area contributed by atoms with Crippen LogP contribution in [-0.4, -0.2) is 28.8 Å². The van der Waals surface area contributed by atoms with Gasteiger partial charge < -0.3 is 10.2 Å². The van der Waals surface area contributed by atoms with Crippen LogP contribution in [0.25, 0.3) is 0 Å². The lowest BCUT2D eigenvalue weighted by atomic mass is 9.95. The predicted octanol–water partition coefficient (Wildman–Crippen LogP) is 6.74. The average Bonchev–Trinajstić information content (AvgIpc) is 2.85. The van der Waals surface area contributed by atoms with Gasteiger partial charge in [-0.2, -0.15) is 0 Å². The van der Waals surface area contributed by atoms with Gasteiger partial charge in [0.2, 0.25) is 11.8 Å². The third-order valence-corrected chi connectivity index (χ3v) is 7.47. The molecule has 1 N–H and O–H groups in total. The molecule has 6 heteroatoms. The molecule has 0 bridgehead atoms. The predicted molar refractivity (Wildman–Crippen MR) is 140 cm³/mol. The van der Waals surface area contributed by atoms with Crippen LogP contribution in [0.5, 0.6) is 0 Å². The molecule has 0 aromatic heterocycles. The number of rotatable bonds is 10. The minimum atomic E-state index is -0.522. The van der Waals surface area contributed by atoms with E-state index in [1.807, 2.05) is 13.0 Å². The molecule has 0 aliphatic heterocycles. The topological polar surface area (TPSA) is 49.4 Å². The fourth-order valence-electron chi connectivity index (χ4n) is 4.63. The SMILES string of the molecule is CCc1ccc(CCC(=O)N(Cc2ccc(Cl)c(Cl)c2)[C@H](CC)C(=O)NC2CCCCC2)cc1. The first-order valence-corrected chi connectivity index (χ1v) is 13.3. The molecular formula is C28H36Cl2N2O2. The van der Waals surface area contributed by atoms with Crippen LogP contribution in [0, 0.1) is 0 Å². The van der Waals surface area contributed by atoms with Crippen molar-refractivity contribution < 1.29 is 9.59 Å². The van der Waals surface area contributed by atoms with E-state index in [1.54, 1.807) is 17.0 Å². The minimum Gasteiger partial charge on any atom is -0.352 e. The Hall–Kier alpha value is -2.04. The van der Waals surface area contributed by atoms with Crippen LogP contribution in [0.15, 0.2) is 42.5 Å². The first kappa shape index (κ1) is 26.6. The maximum absolute atomic E-state index is 13.5. The molecule has 0 spiro atoms. The van der Waals surface area contributed by atoms with E-state index in [0.717, 1.165) is 43.2 Å². The highest BCUT2D eigenvalue weighted by Crippen LogP contribution is 2.25. The van der Waals surface area contributed by atoms with Gasteiger partial charge in [0.05, 0.1) is 10.0 Å². The molecule has 1 aliphatic carbocycles. The van der Waals surface area contributed by atoms with Crippen LogP contribution >= 0.6 is 23.2 Å². The van der Waals surface area contributed by atoms with Gasteiger partial charge in [0.15, 0.2) is 0 Å². The zero-order valence-electron chi connectivity index (χ0n) is 20.3. The molecule has 4 nitrogen and oxygen atoms in total. The number of nitrogens with one attached hydrogen (secondary N) is 1. The molecule has 0 unspecified atom stereocenters. The highest BCUT2D eigenvalue weighted by Gasteiger charge is 2.30. The van der Waals surface area contributed by atoms with Crippen LogP contribution in [0.1, 0.15) is 75.5 Å². The van der Waals surface area contributed by atoms with E-state index in [1.165, 1.54) is 12.0 Å². The zero-order chi connectivity index (χ0) is 24.5. The van der Waals surface area contributed by atoms with E-state index in [2.05, 4.69) is 36.5 Å². The normalized spacial score (nSPS) is 15.1. The zero-order valence-corrected chi connectivity index (χ0v) is 21.8. The van der Waals surface area contributed by atoms with Crippen molar-refractivity contribution in [3.8, 4) is 0 Å². The van der Waals surface area contributed by atoms with E-state index in [-0.39, 0.29) is 17.9 Å². The third kappa shape index (κ3) is 7.48. The summed E-state index contributed by atoms with van der Waals surface area (Å²) in [5.74, 6) is -0.0913. The van der Waals surface area contributed by atoms with Gasteiger partial charge in [-0.1, -0.05) is 86.6 Å². The Balaban J connectivity index is 1.76. The van der Waals surface area contributed by atoms with E-state index in [0.29, 0.717) is 35.9 Å². The van der Waals surface area contributed by atoms with Crippen molar-refractivity contribution in [1.82, 2.24) is 10.2 Å². The summed E-state index contributed by atoms with van der Waals surface area (Å²) in [6, 6.07) is 13.5. The van der Waals surface area contributed by atoms with Gasteiger partial charge in [-0.15, -0.1) is 0 Å². The Morgan fingerprint density at radius 2 is 1.59 bits per heavy atom. The van der Waals surface area contributed by atoms with Crippen molar-refractivity contribution in [2.45, 2.75) is 90.3 Å². The Kier molecular flexibility index (Phi) is 10.3. The lowest BCUT2D eigenvalue weighted by Crippen LogP contribution is -2.51. The molecule has 1 fully saturated rings. The van der Waals surface area contributed by atoms with Gasteiger partial charge >= 0.3 is 0 Å². The fraction of sp³-hybridized carbons (Fsp3) is 0.500. The number of halogens is 2. The van der Waals surface area contributed by atoms with Crippen LogP contribution in [0.4, 0.5) is 0 Å². The van der Waals surface area contributed by atoms with Gasteiger partial charge in [-0.25, -0.2) is 0 Å². The summed E-state index contributed by atoms with van der Waals surface area (Å²) < 4.78 is 0. The fourth-order valence-corrected chi connectivity index (χ4v) is 4.96. The van der Waals surface area contributed by atoms with Gasteiger partial charge in [-0.3, -0.25) is 9.59 Å². The molecule has 0 saturated heterocycles. The van der Waals surface area contributed by atoms with E-state index in [9.17, 15) is 9.59 Å². The molecule has 1 aliphatic rings. The van der Waals surface area contributed by atoms with Crippen molar-refractivity contribution >= 4 is 35.0 Å². The van der Waals surface area contributed by atoms with E-state index < -0.39 is 6.04 Å². The van der Waals surface area contributed by atoms with Crippen LogP contribution in [0.3, 0.4) is 0 Å². The second kappa shape index (κ2) is 13.2. The first-order valence-electron chi connectivity index (χ1n) is 12.5. The molecule has 2 aromatic carbocycles. The van der Waals surface area contributed by atoms with Crippen molar-refractivity contribution in [3.05, 3.63) is 69.2 Å². The summed E-state index contributed by atoms with van der Waals surface area (Å²) >= 11 is 12.3. The second-order valence-electron chi connectivity index (χ2n) is 9.21. The number of carbonyl (C=O) groups excluding carboxylic acids is 2. The Bertz CT molecular complexity index is 955. The largest absolute Gasteiger partial charge is 0.352 e. The van der Waals surface area contributed by atoms with Crippen LogP contribution in [0.2, 0.25) is 10.0 Å². The van der Waals surface area contributed by atoms with Crippen molar-refractivity contribution in [2.24, 2.45) is 0 Å². The summed E-state index contributed by atoms with van der Waals surface area (Å²) in [7, 11) is 0. The number of nitrogens with zero attached hydrogens (tertiary/aromatic N) is 1. The molecule has 3 rings (SSSR count). The van der Waals surface area contributed by atoms with E-state index >= 15 is 0 Å². The maximum Gasteiger partial charge on any atom is 0.243 e. The number of hydrogen-bond acceptors (Lipinski definition) is 2. The Morgan fingerprint density at radius 3 is 2.21 bits per heavy atom. The lowest BCUT2D eigenvalue weighted by Gasteiger charge is -2.33. The molecule has 1 atom stereocenters. The van der Waals surface area contributed by atoms with E-state index in [4.69, 9.17) is 23.2 Å². The molecule has 34 heavy (non-hydrogen) atoms. The van der Waals surface area contributed by atoms with Crippen molar-refractivity contribution in [1.29, 1.82) is 0 Å². The summed E-state index contributed by atoms with van der Waals surface area (Å²) in [6.45, 7) is 4.41. The molecule has 0 heterocycles. The first-order chi connectivity index (χ1) is 16.4. The Labute approximate surface area is 214 Å². The smallest absolute Gasteiger partial charge is 0.243 e. The van der Waals surface area contributed by atoms with Gasteiger partial charge in [-0.05, 0) is 60.9 Å². The average molecular weight is 504 g/mol. The standard InChI is InChI=1S/C28H36Cl2N2O2/c1-3-20-10-12-21(13-11-20)15-17-27(33)32(19-22-14-16-24(29)25(30)18-22)26(4-2)28(34)31-23-8-6-5-7-9-23/h10-14,16,18,23,26H,3-9,15,17,19H2,1-2H3,(H,31,34)/t26-/m1/s1. The number of benzene rings is 2. The number of aryl methyl sites for hydroxylation is 2. The molecular weight excluding hydrogens is 467 g/mol. The Morgan fingerprint density at radius 1 is 0.941 bits per heavy atom. The van der Waals surface area contributed by atoms with Gasteiger partial charge in [0, 0.05) is 19.0 Å². The maximum atomic E-state index is 13.5. The molecule has 2 aromatic rings. The minimum absolute atomic E-state index is 0.0312. The molecule has 0 radical (unpaired) electrons. The van der Waals surface area contributed by atoms with Crippen molar-refractivity contribution in [3.63, 3.8) is 0 Å². The summed E-state index contributed by atoms with van der Waals surface area (Å²) in [6.07, 6.45) is 8.07. The van der Waals surface area contributed by atoms with Crippen molar-refractivity contribution in [2.75, 3.05) is 0 Å². The molecule has 1 saturated carbocycles. The monoisotopic (exact) mass is 502 g/mol. The lowest BCUT2D eigenvalue weighted by molar-refractivity contribution is -0.141. The quantitative estimate of drug-likeness (QED) is 0.390. The van der Waals surface area contributed by atoms with Gasteiger partial charge in [0.25, 0.3) is 0 Å². The summed E-state index contributed by atoms with van der Waals surface area (Å²) in [4.78, 5) is 28.5. The highest BCUT2D eigenvalue weighted by atomic mass is 35.5. The molecule has 2 amide bonds. The second-order valence-corrected chi connectivity index (χ2v) is 10.0. The van der Waals surface area contributed by atoms with Crippen LogP contribution in [-0.2, 0) is 29.0 Å². The highest BCUT2D eigenvalue weighted by molar-refractivity contribution is 6.42. The number of hydrogen-bond donors (Lipinski definition) is 1. The third-order valence-electron chi connectivity index (χ3n) is 6.73. The van der Waals surface area contributed by atoms with Crippen LogP contribution < -0.4 is 5.32 Å². The number of carbonyl (C=O) groups is 2.